The SMILES string of the molecule is COc1ccc2[nH]cc(C(=O)COCC(F)(F)F)c2c1. The summed E-state index contributed by atoms with van der Waals surface area (Å²) in [4.78, 5) is 14.7. The van der Waals surface area contributed by atoms with E-state index in [9.17, 15) is 18.0 Å². The summed E-state index contributed by atoms with van der Waals surface area (Å²) in [5, 5.41) is 0.588. The van der Waals surface area contributed by atoms with Gasteiger partial charge in [0.05, 0.1) is 7.11 Å². The monoisotopic (exact) mass is 287 g/mol. The highest BCUT2D eigenvalue weighted by atomic mass is 19.4. The second-order valence-electron chi connectivity index (χ2n) is 4.15. The smallest absolute Gasteiger partial charge is 0.411 e. The molecule has 0 aliphatic carbocycles. The van der Waals surface area contributed by atoms with Gasteiger partial charge in [-0.05, 0) is 18.2 Å². The van der Waals surface area contributed by atoms with E-state index >= 15 is 0 Å². The maximum Gasteiger partial charge on any atom is 0.411 e. The van der Waals surface area contributed by atoms with Crippen LogP contribution in [-0.2, 0) is 4.74 Å². The van der Waals surface area contributed by atoms with E-state index in [1.54, 1.807) is 18.2 Å². The van der Waals surface area contributed by atoms with Crippen LogP contribution in [0.15, 0.2) is 24.4 Å². The van der Waals surface area contributed by atoms with Crippen LogP contribution < -0.4 is 4.74 Å². The minimum absolute atomic E-state index is 0.279. The van der Waals surface area contributed by atoms with Crippen molar-refractivity contribution in [3.05, 3.63) is 30.0 Å². The third-order valence-corrected chi connectivity index (χ3v) is 2.69. The average Bonchev–Trinajstić information content (AvgIpc) is 2.79. The number of ether oxygens (including phenoxy) is 2. The lowest BCUT2D eigenvalue weighted by molar-refractivity contribution is -0.170. The van der Waals surface area contributed by atoms with Gasteiger partial charge in [0.15, 0.2) is 5.78 Å². The van der Waals surface area contributed by atoms with E-state index in [1.807, 2.05) is 0 Å². The Morgan fingerprint density at radius 2 is 2.10 bits per heavy atom. The maximum absolute atomic E-state index is 11.9. The highest BCUT2D eigenvalue weighted by Gasteiger charge is 2.28. The molecular formula is C13H12F3NO3. The van der Waals surface area contributed by atoms with Crippen molar-refractivity contribution < 1.29 is 27.4 Å². The maximum atomic E-state index is 11.9. The highest BCUT2D eigenvalue weighted by Crippen LogP contribution is 2.24. The number of halogens is 3. The normalized spacial score (nSPS) is 11.8. The van der Waals surface area contributed by atoms with Gasteiger partial charge in [0.2, 0.25) is 0 Å². The lowest BCUT2D eigenvalue weighted by Gasteiger charge is -2.06. The summed E-state index contributed by atoms with van der Waals surface area (Å²) in [5.41, 5.74) is 0.978. The first-order chi connectivity index (χ1) is 9.40. The molecule has 20 heavy (non-hydrogen) atoms. The van der Waals surface area contributed by atoms with Crippen molar-refractivity contribution in [3.63, 3.8) is 0 Å². The van der Waals surface area contributed by atoms with E-state index in [0.717, 1.165) is 0 Å². The fourth-order valence-electron chi connectivity index (χ4n) is 1.79. The summed E-state index contributed by atoms with van der Waals surface area (Å²) in [6.07, 6.45) is -2.99. The van der Waals surface area contributed by atoms with Gasteiger partial charge in [-0.2, -0.15) is 13.2 Å². The molecule has 1 N–H and O–H groups in total. The van der Waals surface area contributed by atoms with Gasteiger partial charge in [-0.1, -0.05) is 0 Å². The molecule has 108 valence electrons. The quantitative estimate of drug-likeness (QED) is 0.860. The first-order valence-electron chi connectivity index (χ1n) is 5.73. The number of Topliss-reactive ketones (excluding diaryl/α,β-unsaturated/α-hetero) is 1. The lowest BCUT2D eigenvalue weighted by atomic mass is 10.1. The summed E-state index contributed by atoms with van der Waals surface area (Å²) in [7, 11) is 1.49. The van der Waals surface area contributed by atoms with Crippen LogP contribution in [0, 0.1) is 0 Å². The van der Waals surface area contributed by atoms with Gasteiger partial charge in [0, 0.05) is 22.7 Å². The molecule has 1 aromatic heterocycles. The summed E-state index contributed by atoms with van der Waals surface area (Å²) < 4.78 is 45.2. The largest absolute Gasteiger partial charge is 0.497 e. The average molecular weight is 287 g/mol. The Labute approximate surface area is 112 Å². The lowest BCUT2D eigenvalue weighted by Crippen LogP contribution is -2.20. The molecular weight excluding hydrogens is 275 g/mol. The zero-order chi connectivity index (χ0) is 14.8. The van der Waals surface area contributed by atoms with Gasteiger partial charge in [-0.3, -0.25) is 4.79 Å². The second-order valence-corrected chi connectivity index (χ2v) is 4.15. The van der Waals surface area contributed by atoms with Crippen molar-refractivity contribution in [3.8, 4) is 5.75 Å². The molecule has 0 aliphatic rings. The van der Waals surface area contributed by atoms with Gasteiger partial charge in [0.1, 0.15) is 19.0 Å². The number of aromatic amines is 1. The molecule has 0 radical (unpaired) electrons. The molecule has 1 heterocycles. The topological polar surface area (TPSA) is 51.3 Å². The predicted octanol–water partition coefficient (Wildman–Crippen LogP) is 2.94. The fraction of sp³-hybridized carbons (Fsp3) is 0.308. The summed E-state index contributed by atoms with van der Waals surface area (Å²) in [6, 6.07) is 5.08. The van der Waals surface area contributed by atoms with Gasteiger partial charge < -0.3 is 14.5 Å². The number of nitrogens with one attached hydrogen (secondary N) is 1. The van der Waals surface area contributed by atoms with Gasteiger partial charge in [-0.15, -0.1) is 0 Å². The third-order valence-electron chi connectivity index (χ3n) is 2.69. The van der Waals surface area contributed by atoms with Crippen molar-refractivity contribution >= 4 is 16.7 Å². The summed E-state index contributed by atoms with van der Waals surface area (Å²) in [5.74, 6) is 0.0381. The molecule has 0 saturated carbocycles. The van der Waals surface area contributed by atoms with E-state index in [1.165, 1.54) is 13.3 Å². The molecule has 0 spiro atoms. The molecule has 0 saturated heterocycles. The molecule has 1 aromatic carbocycles. The summed E-state index contributed by atoms with van der Waals surface area (Å²) in [6.45, 7) is -2.06. The van der Waals surface area contributed by atoms with E-state index < -0.39 is 25.2 Å². The number of H-pyrrole nitrogens is 1. The van der Waals surface area contributed by atoms with Crippen LogP contribution in [0.2, 0.25) is 0 Å². The Hall–Kier alpha value is -2.02. The second kappa shape index (κ2) is 5.54. The van der Waals surface area contributed by atoms with Crippen molar-refractivity contribution in [1.82, 2.24) is 4.98 Å². The number of benzene rings is 1. The van der Waals surface area contributed by atoms with Gasteiger partial charge >= 0.3 is 6.18 Å². The van der Waals surface area contributed by atoms with Gasteiger partial charge in [-0.25, -0.2) is 0 Å². The molecule has 4 nitrogen and oxygen atoms in total. The Bertz CT molecular complexity index is 619. The number of alkyl halides is 3. The Morgan fingerprint density at radius 3 is 2.75 bits per heavy atom. The number of ketones is 1. The molecule has 0 bridgehead atoms. The first kappa shape index (κ1) is 14.4. The van der Waals surface area contributed by atoms with E-state index in [4.69, 9.17) is 4.74 Å². The molecule has 0 atom stereocenters. The first-order valence-corrected chi connectivity index (χ1v) is 5.73. The molecule has 7 heteroatoms. The minimum Gasteiger partial charge on any atom is -0.497 e. The van der Waals surface area contributed by atoms with Crippen LogP contribution in [0.5, 0.6) is 5.75 Å². The molecule has 0 fully saturated rings. The van der Waals surface area contributed by atoms with Crippen LogP contribution in [0.1, 0.15) is 10.4 Å². The van der Waals surface area contributed by atoms with Crippen molar-refractivity contribution in [2.45, 2.75) is 6.18 Å². The standard InChI is InChI=1S/C13H12F3NO3/c1-19-8-2-3-11-9(4-8)10(5-17-11)12(18)6-20-7-13(14,15)16/h2-5,17H,6-7H2,1H3. The minimum atomic E-state index is -4.44. The number of carbonyl (C=O) groups is 1. The number of methoxy groups -OCH3 is 1. The predicted molar refractivity (Wildman–Crippen MR) is 66.1 cm³/mol. The zero-order valence-electron chi connectivity index (χ0n) is 10.6. The zero-order valence-corrected chi connectivity index (χ0v) is 10.6. The third kappa shape index (κ3) is 3.30. The number of hydrogen-bond acceptors (Lipinski definition) is 3. The Balaban J connectivity index is 2.13. The van der Waals surface area contributed by atoms with Crippen molar-refractivity contribution in [1.29, 1.82) is 0 Å². The van der Waals surface area contributed by atoms with Gasteiger partial charge in [0.25, 0.3) is 0 Å². The van der Waals surface area contributed by atoms with Crippen LogP contribution in [-0.4, -0.2) is 37.3 Å². The Morgan fingerprint density at radius 1 is 1.35 bits per heavy atom. The highest BCUT2D eigenvalue weighted by molar-refractivity contribution is 6.08. The van der Waals surface area contributed by atoms with Crippen LogP contribution in [0.3, 0.4) is 0 Å². The summed E-state index contributed by atoms with van der Waals surface area (Å²) >= 11 is 0. The van der Waals surface area contributed by atoms with E-state index in [2.05, 4.69) is 9.72 Å². The van der Waals surface area contributed by atoms with Crippen LogP contribution >= 0.6 is 0 Å². The molecule has 0 aliphatic heterocycles. The van der Waals surface area contributed by atoms with Crippen LogP contribution in [0.4, 0.5) is 13.2 Å². The molecule has 0 unspecified atom stereocenters. The number of carbonyl (C=O) groups excluding carboxylic acids is 1. The van der Waals surface area contributed by atoms with Crippen LogP contribution in [0.25, 0.3) is 10.9 Å². The number of rotatable bonds is 5. The van der Waals surface area contributed by atoms with Crippen molar-refractivity contribution in [2.24, 2.45) is 0 Å². The number of aromatic nitrogens is 1. The number of hydrogen-bond donors (Lipinski definition) is 1. The Kier molecular flexibility index (Phi) is 3.99. The number of fused-ring (bicyclic) bond motifs is 1. The van der Waals surface area contributed by atoms with E-state index in [-0.39, 0.29) is 5.56 Å². The molecule has 0 amide bonds. The molecule has 2 rings (SSSR count). The fourth-order valence-corrected chi connectivity index (χ4v) is 1.79. The van der Waals surface area contributed by atoms with Crippen molar-refractivity contribution in [2.75, 3.05) is 20.3 Å². The molecule has 2 aromatic rings. The van der Waals surface area contributed by atoms with E-state index in [0.29, 0.717) is 16.7 Å².